The number of nitrogens with one attached hydrogen (secondary N) is 1. The quantitative estimate of drug-likeness (QED) is 0.156. The van der Waals surface area contributed by atoms with Gasteiger partial charge in [-0.15, -0.1) is 0 Å². The molecule has 0 unspecified atom stereocenters. The van der Waals surface area contributed by atoms with Crippen LogP contribution in [0.1, 0.15) is 40.4 Å². The topological polar surface area (TPSA) is 119 Å². The van der Waals surface area contributed by atoms with Crippen LogP contribution in [0.2, 0.25) is 23.7 Å². The highest BCUT2D eigenvalue weighted by molar-refractivity contribution is 6.71. The Labute approximate surface area is 298 Å². The molecule has 50 heavy (non-hydrogen) atoms. The lowest BCUT2D eigenvalue weighted by molar-refractivity contribution is -0.150. The second-order valence-corrected chi connectivity index (χ2v) is 18.1. The molecular formula is C39H42ClN3O6Si. The van der Waals surface area contributed by atoms with Gasteiger partial charge in [0.2, 0.25) is 5.91 Å². The number of carbonyl (C=O) groups is 3. The molecule has 4 aromatic rings. The van der Waals surface area contributed by atoms with Crippen molar-refractivity contribution < 1.29 is 29.0 Å². The van der Waals surface area contributed by atoms with E-state index in [1.54, 1.807) is 58.3 Å². The van der Waals surface area contributed by atoms with Crippen LogP contribution in [-0.2, 0) is 33.0 Å². The summed E-state index contributed by atoms with van der Waals surface area (Å²) in [6.07, 6.45) is -0.819. The van der Waals surface area contributed by atoms with Gasteiger partial charge in [0.15, 0.2) is 13.9 Å². The van der Waals surface area contributed by atoms with E-state index < -0.39 is 31.5 Å². The minimum atomic E-state index is -3.04. The summed E-state index contributed by atoms with van der Waals surface area (Å²) in [5.74, 6) is -1.26. The van der Waals surface area contributed by atoms with Crippen molar-refractivity contribution >= 4 is 49.0 Å². The molecule has 2 aliphatic rings. The Balaban J connectivity index is 1.30. The number of rotatable bonds is 11. The van der Waals surface area contributed by atoms with Crippen LogP contribution in [0.4, 0.5) is 11.4 Å². The van der Waals surface area contributed by atoms with Crippen molar-refractivity contribution in [1.82, 2.24) is 4.90 Å². The maximum atomic E-state index is 14.8. The monoisotopic (exact) mass is 711 g/mol. The number of halogens is 1. The van der Waals surface area contributed by atoms with Crippen LogP contribution in [0, 0.1) is 5.92 Å². The third kappa shape index (κ3) is 6.99. The maximum absolute atomic E-state index is 14.8. The van der Waals surface area contributed by atoms with Gasteiger partial charge in [0.1, 0.15) is 0 Å². The van der Waals surface area contributed by atoms with E-state index in [-0.39, 0.29) is 43.8 Å². The van der Waals surface area contributed by atoms with Crippen LogP contribution < -0.4 is 10.2 Å². The summed E-state index contributed by atoms with van der Waals surface area (Å²) in [5.41, 5.74) is 2.13. The summed E-state index contributed by atoms with van der Waals surface area (Å²) < 4.78 is 6.86. The fourth-order valence-corrected chi connectivity index (χ4v) is 10.4. The summed E-state index contributed by atoms with van der Waals surface area (Å²) in [6, 6.07) is 31.1. The standard InChI is InChI=1S/C39H42ClN3O6Si/c1-26-36(50(2,3)48)34(23-35(45)42(19-20-44)24-27-11-6-4-7-12-27)49-39(26)32-22-30(40)17-18-33(32)43(38(39)47)25-28-13-10-16-31(21-28)41-37(46)29-14-8-5-9-15-29/h4-18,21-22,26,34,36,44,48H,19-20,23-25H2,1-3H3,(H,41,46)/t26-,34+,36-,39+/m0/s1. The molecule has 9 nitrogen and oxygen atoms in total. The fraction of sp³-hybridized carbons (Fsp3) is 0.308. The van der Waals surface area contributed by atoms with Gasteiger partial charge in [0.25, 0.3) is 11.8 Å². The Morgan fingerprint density at radius 2 is 1.64 bits per heavy atom. The summed E-state index contributed by atoms with van der Waals surface area (Å²) in [5, 5.41) is 13.2. The summed E-state index contributed by atoms with van der Waals surface area (Å²) >= 11 is 6.56. The number of amides is 3. The largest absolute Gasteiger partial charge is 0.432 e. The van der Waals surface area contributed by atoms with E-state index in [1.165, 1.54) is 0 Å². The van der Waals surface area contributed by atoms with E-state index in [2.05, 4.69) is 5.32 Å². The summed E-state index contributed by atoms with van der Waals surface area (Å²) in [6.45, 7) is 5.99. The highest BCUT2D eigenvalue weighted by atomic mass is 35.5. The smallest absolute Gasteiger partial charge is 0.264 e. The number of hydrogen-bond donors (Lipinski definition) is 3. The number of carbonyl (C=O) groups excluding carboxylic acids is 3. The molecule has 11 heteroatoms. The Bertz CT molecular complexity index is 1870. The van der Waals surface area contributed by atoms with Gasteiger partial charge in [-0.2, -0.15) is 0 Å². The first kappa shape index (κ1) is 35.5. The molecule has 1 spiro atoms. The first-order valence-corrected chi connectivity index (χ1v) is 20.2. The van der Waals surface area contributed by atoms with E-state index in [0.717, 1.165) is 11.1 Å². The Kier molecular flexibility index (Phi) is 10.3. The molecule has 4 atom stereocenters. The molecule has 0 aliphatic carbocycles. The minimum Gasteiger partial charge on any atom is -0.432 e. The lowest BCUT2D eigenvalue weighted by Gasteiger charge is -2.32. The van der Waals surface area contributed by atoms with Crippen molar-refractivity contribution in [3.63, 3.8) is 0 Å². The normalized spacial score (nSPS) is 21.4. The molecule has 6 rings (SSSR count). The second kappa shape index (κ2) is 14.5. The second-order valence-electron chi connectivity index (χ2n) is 13.7. The SMILES string of the molecule is C[C@H]1[C@H]([Si](C)(C)O)[C@@H](CC(=O)N(CCO)Cc2ccccc2)O[C@]12C(=O)N(Cc1cccc(NC(=O)c3ccccc3)c1)c1ccc(Cl)cc12. The summed E-state index contributed by atoms with van der Waals surface area (Å²) in [7, 11) is -3.04. The van der Waals surface area contributed by atoms with Crippen molar-refractivity contribution in [3.05, 3.63) is 130 Å². The maximum Gasteiger partial charge on any atom is 0.264 e. The number of hydrogen-bond acceptors (Lipinski definition) is 6. The minimum absolute atomic E-state index is 0.0626. The number of fused-ring (bicyclic) bond motifs is 2. The molecule has 1 saturated heterocycles. The first-order valence-electron chi connectivity index (χ1n) is 16.8. The van der Waals surface area contributed by atoms with Crippen LogP contribution in [-0.4, -0.2) is 60.1 Å². The molecule has 260 valence electrons. The average molecular weight is 712 g/mol. The molecule has 4 aromatic carbocycles. The zero-order valence-electron chi connectivity index (χ0n) is 28.4. The lowest BCUT2D eigenvalue weighted by atomic mass is 9.82. The van der Waals surface area contributed by atoms with Crippen LogP contribution in [0.25, 0.3) is 0 Å². The highest BCUT2D eigenvalue weighted by Crippen LogP contribution is 2.60. The number of ether oxygens (including phenoxy) is 1. The predicted molar refractivity (Wildman–Crippen MR) is 196 cm³/mol. The zero-order valence-corrected chi connectivity index (χ0v) is 30.1. The molecule has 1 fully saturated rings. The van der Waals surface area contributed by atoms with Crippen LogP contribution >= 0.6 is 11.6 Å². The van der Waals surface area contributed by atoms with Gasteiger partial charge in [-0.3, -0.25) is 14.4 Å². The van der Waals surface area contributed by atoms with Crippen LogP contribution in [0.3, 0.4) is 0 Å². The van der Waals surface area contributed by atoms with Gasteiger partial charge in [0.05, 0.1) is 31.4 Å². The summed E-state index contributed by atoms with van der Waals surface area (Å²) in [4.78, 5) is 56.5. The molecule has 0 aromatic heterocycles. The van der Waals surface area contributed by atoms with Crippen LogP contribution in [0.5, 0.6) is 0 Å². The van der Waals surface area contributed by atoms with Crippen LogP contribution in [0.15, 0.2) is 103 Å². The van der Waals surface area contributed by atoms with Gasteiger partial charge >= 0.3 is 0 Å². The Morgan fingerprint density at radius 1 is 0.960 bits per heavy atom. The Morgan fingerprint density at radius 3 is 2.32 bits per heavy atom. The highest BCUT2D eigenvalue weighted by Gasteiger charge is 2.66. The molecule has 3 amide bonds. The van der Waals surface area contributed by atoms with E-state index in [4.69, 9.17) is 16.3 Å². The van der Waals surface area contributed by atoms with Gasteiger partial charge < -0.3 is 29.8 Å². The van der Waals surface area contributed by atoms with Gasteiger partial charge in [-0.25, -0.2) is 0 Å². The lowest BCUT2D eigenvalue weighted by Crippen LogP contribution is -2.46. The molecule has 2 heterocycles. The van der Waals surface area contributed by atoms with E-state index in [9.17, 15) is 24.3 Å². The predicted octanol–water partition coefficient (Wildman–Crippen LogP) is 6.35. The van der Waals surface area contributed by atoms with Crippen molar-refractivity contribution in [1.29, 1.82) is 0 Å². The van der Waals surface area contributed by atoms with E-state index in [1.807, 2.05) is 74.6 Å². The molecule has 3 N–H and O–H groups in total. The number of aliphatic hydroxyl groups is 1. The average Bonchev–Trinajstić information content (AvgIpc) is 3.51. The fourth-order valence-electron chi connectivity index (χ4n) is 7.65. The van der Waals surface area contributed by atoms with Crippen molar-refractivity contribution in [3.8, 4) is 0 Å². The molecule has 0 saturated carbocycles. The molecule has 2 aliphatic heterocycles. The van der Waals surface area contributed by atoms with Crippen molar-refractivity contribution in [2.45, 2.75) is 56.8 Å². The molecular weight excluding hydrogens is 670 g/mol. The third-order valence-corrected chi connectivity index (χ3v) is 12.6. The van der Waals surface area contributed by atoms with Gasteiger partial charge in [-0.05, 0) is 66.7 Å². The van der Waals surface area contributed by atoms with Gasteiger partial charge in [0, 0.05) is 46.4 Å². The van der Waals surface area contributed by atoms with Crippen molar-refractivity contribution in [2.75, 3.05) is 23.4 Å². The third-order valence-electron chi connectivity index (χ3n) is 9.82. The zero-order chi connectivity index (χ0) is 35.6. The molecule has 0 radical (unpaired) electrons. The van der Waals surface area contributed by atoms with E-state index >= 15 is 0 Å². The number of aliphatic hydroxyl groups excluding tert-OH is 1. The van der Waals surface area contributed by atoms with Crippen molar-refractivity contribution in [2.24, 2.45) is 5.92 Å². The number of anilines is 2. The number of nitrogens with zero attached hydrogens (tertiary/aromatic N) is 2. The molecule has 0 bridgehead atoms. The Hall–Kier alpha value is -4.32. The first-order chi connectivity index (χ1) is 23.9. The van der Waals surface area contributed by atoms with Gasteiger partial charge in [-0.1, -0.05) is 79.2 Å². The van der Waals surface area contributed by atoms with E-state index in [0.29, 0.717) is 34.1 Å². The number of benzene rings is 4.